The number of sulfonamides is 1. The normalized spacial score (nSPS) is 12.2. The second-order valence-electron chi connectivity index (χ2n) is 6.87. The Morgan fingerprint density at radius 2 is 1.84 bits per heavy atom. The van der Waals surface area contributed by atoms with Gasteiger partial charge in [-0.1, -0.05) is 35.9 Å². The van der Waals surface area contributed by atoms with E-state index in [0.717, 1.165) is 10.5 Å². The van der Waals surface area contributed by atoms with Crippen LogP contribution in [0.2, 0.25) is 5.02 Å². The van der Waals surface area contributed by atoms with E-state index in [-0.39, 0.29) is 27.7 Å². The average molecular weight is 487 g/mol. The standard InChI is InChI=1S/C20H18ClF3N4O3S/c1-27(2)32(30,31)17-9-4-3-6-13(17)11-25-19(29)16-12-26-28(18(16)20(22,23)24)15-8-5-7-14(21)10-15/h3-10,12H,11H2,1-2H3,(H,25,29). The number of carbonyl (C=O) groups is 1. The Labute approximate surface area is 187 Å². The molecule has 0 aliphatic rings. The molecule has 170 valence electrons. The van der Waals surface area contributed by atoms with Gasteiger partial charge in [0.1, 0.15) is 0 Å². The lowest BCUT2D eigenvalue weighted by atomic mass is 10.2. The van der Waals surface area contributed by atoms with Crippen LogP contribution < -0.4 is 5.32 Å². The minimum absolute atomic E-state index is 0.0336. The fourth-order valence-corrected chi connectivity index (χ4v) is 4.26. The number of carbonyl (C=O) groups excluding carboxylic acids is 1. The van der Waals surface area contributed by atoms with E-state index < -0.39 is 33.4 Å². The van der Waals surface area contributed by atoms with Crippen LogP contribution in [0.1, 0.15) is 21.6 Å². The highest BCUT2D eigenvalue weighted by atomic mass is 35.5. The van der Waals surface area contributed by atoms with Crippen molar-refractivity contribution in [3.8, 4) is 5.69 Å². The quantitative estimate of drug-likeness (QED) is 0.575. The molecule has 32 heavy (non-hydrogen) atoms. The van der Waals surface area contributed by atoms with Gasteiger partial charge >= 0.3 is 6.18 Å². The SMILES string of the molecule is CN(C)S(=O)(=O)c1ccccc1CNC(=O)c1cnn(-c2cccc(Cl)c2)c1C(F)(F)F. The van der Waals surface area contributed by atoms with Gasteiger partial charge in [0.05, 0.1) is 22.3 Å². The maximum atomic E-state index is 13.8. The van der Waals surface area contributed by atoms with E-state index in [0.29, 0.717) is 4.68 Å². The van der Waals surface area contributed by atoms with Crippen molar-refractivity contribution < 1.29 is 26.4 Å². The number of alkyl halides is 3. The highest BCUT2D eigenvalue weighted by molar-refractivity contribution is 7.89. The molecular weight excluding hydrogens is 469 g/mol. The lowest BCUT2D eigenvalue weighted by molar-refractivity contribution is -0.143. The van der Waals surface area contributed by atoms with E-state index in [2.05, 4.69) is 10.4 Å². The molecule has 0 radical (unpaired) electrons. The minimum atomic E-state index is -4.89. The highest BCUT2D eigenvalue weighted by Gasteiger charge is 2.40. The molecule has 0 atom stereocenters. The Hall–Kier alpha value is -2.89. The molecule has 0 fully saturated rings. The van der Waals surface area contributed by atoms with Crippen LogP contribution in [0.5, 0.6) is 0 Å². The molecule has 0 unspecified atom stereocenters. The van der Waals surface area contributed by atoms with E-state index in [9.17, 15) is 26.4 Å². The molecule has 0 aliphatic carbocycles. The second-order valence-corrected chi connectivity index (χ2v) is 9.43. The minimum Gasteiger partial charge on any atom is -0.348 e. The number of aromatic nitrogens is 2. The molecule has 0 bridgehead atoms. The largest absolute Gasteiger partial charge is 0.434 e. The zero-order chi connectivity index (χ0) is 23.7. The molecular formula is C20H18ClF3N4O3S. The van der Waals surface area contributed by atoms with Gasteiger partial charge in [-0.05, 0) is 29.8 Å². The predicted molar refractivity (Wildman–Crippen MR) is 112 cm³/mol. The smallest absolute Gasteiger partial charge is 0.348 e. The summed E-state index contributed by atoms with van der Waals surface area (Å²) in [6, 6.07) is 11.5. The van der Waals surface area contributed by atoms with E-state index in [1.807, 2.05) is 0 Å². The van der Waals surface area contributed by atoms with Crippen molar-refractivity contribution in [1.29, 1.82) is 0 Å². The first kappa shape index (κ1) is 23.8. The monoisotopic (exact) mass is 486 g/mol. The molecule has 7 nitrogen and oxygen atoms in total. The van der Waals surface area contributed by atoms with Crippen LogP contribution in [0.25, 0.3) is 5.69 Å². The number of hydrogen-bond acceptors (Lipinski definition) is 4. The Bertz CT molecular complexity index is 1260. The summed E-state index contributed by atoms with van der Waals surface area (Å²) >= 11 is 5.87. The maximum Gasteiger partial charge on any atom is 0.434 e. The fraction of sp³-hybridized carbons (Fsp3) is 0.200. The molecule has 1 aromatic heterocycles. The molecule has 0 saturated heterocycles. The van der Waals surface area contributed by atoms with E-state index >= 15 is 0 Å². The van der Waals surface area contributed by atoms with Gasteiger partial charge in [0.2, 0.25) is 10.0 Å². The number of amides is 1. The summed E-state index contributed by atoms with van der Waals surface area (Å²) in [5.74, 6) is -1.05. The molecule has 0 spiro atoms. The third kappa shape index (κ3) is 4.79. The fourth-order valence-electron chi connectivity index (χ4n) is 2.96. The molecule has 1 N–H and O–H groups in total. The van der Waals surface area contributed by atoms with Crippen LogP contribution in [0.4, 0.5) is 13.2 Å². The van der Waals surface area contributed by atoms with Crippen molar-refractivity contribution in [1.82, 2.24) is 19.4 Å². The number of nitrogens with one attached hydrogen (secondary N) is 1. The summed E-state index contributed by atoms with van der Waals surface area (Å²) in [6.07, 6.45) is -4.08. The number of halogens is 4. The van der Waals surface area contributed by atoms with E-state index in [1.165, 1.54) is 56.6 Å². The van der Waals surface area contributed by atoms with Crippen molar-refractivity contribution in [3.63, 3.8) is 0 Å². The number of nitrogens with zero attached hydrogens (tertiary/aromatic N) is 3. The molecule has 3 rings (SSSR count). The first-order valence-corrected chi connectivity index (χ1v) is 10.9. The van der Waals surface area contributed by atoms with Crippen LogP contribution >= 0.6 is 11.6 Å². The van der Waals surface area contributed by atoms with Crippen molar-refractivity contribution in [2.45, 2.75) is 17.6 Å². The number of benzene rings is 2. The highest BCUT2D eigenvalue weighted by Crippen LogP contribution is 2.34. The predicted octanol–water partition coefficient (Wildman–Crippen LogP) is 3.72. The van der Waals surface area contributed by atoms with Gasteiger partial charge < -0.3 is 5.32 Å². The van der Waals surface area contributed by atoms with E-state index in [1.54, 1.807) is 6.07 Å². The summed E-state index contributed by atoms with van der Waals surface area (Å²) in [6.45, 7) is -0.304. The summed E-state index contributed by atoms with van der Waals surface area (Å²) in [5, 5.41) is 6.28. The molecule has 3 aromatic rings. The van der Waals surface area contributed by atoms with Crippen LogP contribution in [-0.2, 0) is 22.7 Å². The van der Waals surface area contributed by atoms with Gasteiger partial charge in [-0.15, -0.1) is 0 Å². The van der Waals surface area contributed by atoms with Crippen LogP contribution in [0.3, 0.4) is 0 Å². The van der Waals surface area contributed by atoms with Crippen LogP contribution in [0.15, 0.2) is 59.6 Å². The van der Waals surface area contributed by atoms with Gasteiger partial charge in [0.15, 0.2) is 5.69 Å². The Morgan fingerprint density at radius 3 is 2.47 bits per heavy atom. The van der Waals surface area contributed by atoms with Gasteiger partial charge in [-0.3, -0.25) is 4.79 Å². The third-order valence-electron chi connectivity index (χ3n) is 4.51. The molecule has 0 aliphatic heterocycles. The third-order valence-corrected chi connectivity index (χ3v) is 6.66. The lowest BCUT2D eigenvalue weighted by Crippen LogP contribution is -2.28. The van der Waals surface area contributed by atoms with Crippen LogP contribution in [-0.4, -0.2) is 42.5 Å². The molecule has 1 amide bonds. The van der Waals surface area contributed by atoms with Crippen molar-refractivity contribution >= 4 is 27.5 Å². The zero-order valence-corrected chi connectivity index (χ0v) is 18.5. The van der Waals surface area contributed by atoms with Crippen molar-refractivity contribution in [2.75, 3.05) is 14.1 Å². The molecule has 1 heterocycles. The van der Waals surface area contributed by atoms with Crippen LogP contribution in [0, 0.1) is 0 Å². The second kappa shape index (κ2) is 8.93. The first-order chi connectivity index (χ1) is 14.9. The zero-order valence-electron chi connectivity index (χ0n) is 16.9. The Kier molecular flexibility index (Phi) is 6.63. The summed E-state index contributed by atoms with van der Waals surface area (Å²) < 4.78 is 68.0. The Balaban J connectivity index is 1.94. The molecule has 2 aromatic carbocycles. The van der Waals surface area contributed by atoms with Gasteiger partial charge in [-0.2, -0.15) is 18.3 Å². The molecule has 12 heteroatoms. The first-order valence-electron chi connectivity index (χ1n) is 9.12. The average Bonchev–Trinajstić information content (AvgIpc) is 3.18. The van der Waals surface area contributed by atoms with Crippen molar-refractivity contribution in [2.24, 2.45) is 0 Å². The van der Waals surface area contributed by atoms with Gasteiger partial charge in [0.25, 0.3) is 5.91 Å². The Morgan fingerprint density at radius 1 is 1.16 bits per heavy atom. The molecule has 0 saturated carbocycles. The van der Waals surface area contributed by atoms with E-state index in [4.69, 9.17) is 11.6 Å². The summed E-state index contributed by atoms with van der Waals surface area (Å²) in [4.78, 5) is 12.6. The van der Waals surface area contributed by atoms with Gasteiger partial charge in [-0.25, -0.2) is 17.4 Å². The lowest BCUT2D eigenvalue weighted by Gasteiger charge is -2.16. The number of hydrogen-bond donors (Lipinski definition) is 1. The maximum absolute atomic E-state index is 13.8. The summed E-state index contributed by atoms with van der Waals surface area (Å²) in [7, 11) is -1.11. The van der Waals surface area contributed by atoms with Gasteiger partial charge in [0, 0.05) is 25.7 Å². The summed E-state index contributed by atoms with van der Waals surface area (Å²) in [5.41, 5.74) is -1.71. The van der Waals surface area contributed by atoms with Crippen molar-refractivity contribution in [3.05, 3.63) is 76.6 Å². The topological polar surface area (TPSA) is 84.3 Å². The number of rotatable bonds is 6.